The molecule has 2 unspecified atom stereocenters. The van der Waals surface area contributed by atoms with E-state index in [0.717, 1.165) is 11.3 Å². The van der Waals surface area contributed by atoms with Gasteiger partial charge < -0.3 is 45.4 Å². The average Bonchev–Trinajstić information content (AvgIpc) is 3.70. The molecule has 1 aliphatic heterocycles. The molecule has 13 nitrogen and oxygen atoms in total. The number of nitrogens with one attached hydrogen (secondary N) is 6. The third-order valence-electron chi connectivity index (χ3n) is 7.70. The Morgan fingerprint density at radius 2 is 1.51 bits per heavy atom. The van der Waals surface area contributed by atoms with Crippen LogP contribution in [0.5, 0.6) is 17.2 Å². The molecule has 2 atom stereocenters. The number of ether oxygens (including phenoxy) is 3. The van der Waals surface area contributed by atoms with Crippen LogP contribution in [0.1, 0.15) is 93.0 Å². The summed E-state index contributed by atoms with van der Waals surface area (Å²) in [5.41, 5.74) is 3.08. The second-order valence-corrected chi connectivity index (χ2v) is 10.9. The summed E-state index contributed by atoms with van der Waals surface area (Å²) < 4.78 is 31.1. The number of hydrogen-bond donors (Lipinski definition) is 6. The number of amides is 4. The van der Waals surface area contributed by atoms with Gasteiger partial charge in [-0.05, 0) is 57.0 Å². The molecule has 49 heavy (non-hydrogen) atoms. The number of aromatic nitrogens is 2. The summed E-state index contributed by atoms with van der Waals surface area (Å²) in [6, 6.07) is 13.6. The van der Waals surface area contributed by atoms with Crippen molar-refractivity contribution in [2.24, 2.45) is 0 Å². The SMILES string of the molecule is CCNC(=O)c1[nH]c(C(=O)NC)c2c1-c1cccc(F)c1C(C)O2.CCNC(=O)c1cc(OC(C)c2ccc(OC)cc2)c(C(=O)NC)[nH]1. The van der Waals surface area contributed by atoms with Crippen molar-refractivity contribution >= 4 is 23.6 Å². The molecule has 4 amide bonds. The lowest BCUT2D eigenvalue weighted by molar-refractivity contribution is 0.0935. The van der Waals surface area contributed by atoms with Gasteiger partial charge in [0.1, 0.15) is 46.6 Å². The Morgan fingerprint density at radius 3 is 2.12 bits per heavy atom. The fourth-order valence-corrected chi connectivity index (χ4v) is 5.30. The number of fused-ring (bicyclic) bond motifs is 3. The molecule has 0 fully saturated rings. The van der Waals surface area contributed by atoms with Crippen molar-refractivity contribution in [3.05, 3.63) is 88.3 Å². The van der Waals surface area contributed by atoms with E-state index in [1.807, 2.05) is 38.1 Å². The van der Waals surface area contributed by atoms with Gasteiger partial charge >= 0.3 is 0 Å². The molecule has 0 saturated carbocycles. The number of H-pyrrole nitrogens is 2. The Morgan fingerprint density at radius 1 is 0.878 bits per heavy atom. The zero-order valence-corrected chi connectivity index (χ0v) is 28.4. The van der Waals surface area contributed by atoms with Crippen LogP contribution in [0.15, 0.2) is 48.5 Å². The highest BCUT2D eigenvalue weighted by Crippen LogP contribution is 2.47. The summed E-state index contributed by atoms with van der Waals surface area (Å²) in [5.74, 6) is -0.499. The molecule has 14 heteroatoms. The minimum Gasteiger partial charge on any atom is -0.497 e. The first-order valence-corrected chi connectivity index (χ1v) is 15.7. The number of rotatable bonds is 10. The van der Waals surface area contributed by atoms with E-state index in [0.29, 0.717) is 35.5 Å². The first-order valence-electron chi connectivity index (χ1n) is 15.7. The van der Waals surface area contributed by atoms with E-state index in [4.69, 9.17) is 14.2 Å². The Balaban J connectivity index is 0.000000221. The molecule has 0 spiro atoms. The Hall–Kier alpha value is -5.79. The summed E-state index contributed by atoms with van der Waals surface area (Å²) in [6.45, 7) is 8.11. The van der Waals surface area contributed by atoms with Gasteiger partial charge in [-0.2, -0.15) is 0 Å². The lowest BCUT2D eigenvalue weighted by Crippen LogP contribution is -2.24. The standard InChI is InChI=1S/C18H23N3O4.C17H18FN3O3/c1-5-20-17(22)14-10-15(16(21-14)18(23)19-3)25-11(2)12-6-8-13(24-4)9-7-12;1-4-20-17(23)13-12-9-6-5-7-10(18)11(9)8(2)24-15(12)14(21-13)16(22)19-3/h6-11,21H,5H2,1-4H3,(H,19,23)(H,20,22);5-8,21H,4H2,1-3H3,(H,19,22)(H,20,23). The Kier molecular flexibility index (Phi) is 11.7. The zero-order valence-electron chi connectivity index (χ0n) is 28.4. The summed E-state index contributed by atoms with van der Waals surface area (Å²) >= 11 is 0. The van der Waals surface area contributed by atoms with Crippen molar-refractivity contribution in [2.45, 2.75) is 39.9 Å². The fraction of sp³-hybridized carbons (Fsp3) is 0.314. The van der Waals surface area contributed by atoms with Crippen LogP contribution in [0.3, 0.4) is 0 Å². The summed E-state index contributed by atoms with van der Waals surface area (Å²) in [4.78, 5) is 54.3. The number of benzene rings is 2. The number of hydrogen-bond acceptors (Lipinski definition) is 7. The summed E-state index contributed by atoms with van der Waals surface area (Å²) in [7, 11) is 4.61. The maximum Gasteiger partial charge on any atom is 0.271 e. The van der Waals surface area contributed by atoms with Gasteiger partial charge in [-0.1, -0.05) is 24.3 Å². The highest BCUT2D eigenvalue weighted by Gasteiger charge is 2.35. The van der Waals surface area contributed by atoms with Crippen LogP contribution in [-0.2, 0) is 0 Å². The van der Waals surface area contributed by atoms with Gasteiger partial charge in [-0.15, -0.1) is 0 Å². The van der Waals surface area contributed by atoms with E-state index < -0.39 is 17.8 Å². The van der Waals surface area contributed by atoms with Crippen molar-refractivity contribution < 1.29 is 37.8 Å². The van der Waals surface area contributed by atoms with E-state index in [1.165, 1.54) is 26.2 Å². The predicted molar refractivity (Wildman–Crippen MR) is 181 cm³/mol. The van der Waals surface area contributed by atoms with Crippen LogP contribution in [0, 0.1) is 5.82 Å². The second-order valence-electron chi connectivity index (χ2n) is 10.9. The van der Waals surface area contributed by atoms with Gasteiger partial charge in [0.15, 0.2) is 11.5 Å². The van der Waals surface area contributed by atoms with Crippen molar-refractivity contribution in [1.82, 2.24) is 31.2 Å². The van der Waals surface area contributed by atoms with E-state index in [1.54, 1.807) is 33.1 Å². The smallest absolute Gasteiger partial charge is 0.271 e. The van der Waals surface area contributed by atoms with E-state index in [2.05, 4.69) is 31.2 Å². The van der Waals surface area contributed by atoms with Crippen LogP contribution in [0.4, 0.5) is 4.39 Å². The number of aromatic amines is 2. The third-order valence-corrected chi connectivity index (χ3v) is 7.70. The predicted octanol–water partition coefficient (Wildman–Crippen LogP) is 4.66. The Bertz CT molecular complexity index is 1830. The molecule has 260 valence electrons. The minimum absolute atomic E-state index is 0.149. The molecule has 0 aliphatic carbocycles. The number of methoxy groups -OCH3 is 1. The maximum atomic E-state index is 14.3. The first-order chi connectivity index (χ1) is 23.5. The van der Waals surface area contributed by atoms with Gasteiger partial charge in [0.05, 0.1) is 12.7 Å². The van der Waals surface area contributed by atoms with Gasteiger partial charge in [0.2, 0.25) is 0 Å². The lowest BCUT2D eigenvalue weighted by atomic mass is 9.92. The monoisotopic (exact) mass is 676 g/mol. The van der Waals surface area contributed by atoms with Crippen LogP contribution >= 0.6 is 0 Å². The van der Waals surface area contributed by atoms with Crippen molar-refractivity contribution in [3.63, 3.8) is 0 Å². The van der Waals surface area contributed by atoms with Crippen molar-refractivity contribution in [2.75, 3.05) is 34.3 Å². The molecule has 0 saturated heterocycles. The quantitative estimate of drug-likeness (QED) is 0.142. The minimum atomic E-state index is -0.574. The van der Waals surface area contributed by atoms with Crippen LogP contribution in [0.2, 0.25) is 0 Å². The van der Waals surface area contributed by atoms with Gasteiger partial charge in [0.25, 0.3) is 23.6 Å². The normalized spacial score (nSPS) is 13.3. The molecule has 2 aromatic heterocycles. The molecule has 4 aromatic rings. The summed E-state index contributed by atoms with van der Waals surface area (Å²) in [5, 5.41) is 10.4. The second kappa shape index (κ2) is 15.9. The highest BCUT2D eigenvalue weighted by atomic mass is 19.1. The van der Waals surface area contributed by atoms with Crippen molar-refractivity contribution in [1.29, 1.82) is 0 Å². The number of carbonyl (C=O) groups is 4. The van der Waals surface area contributed by atoms with Gasteiger partial charge in [-0.3, -0.25) is 19.2 Å². The lowest BCUT2D eigenvalue weighted by Gasteiger charge is -2.25. The third kappa shape index (κ3) is 7.69. The average molecular weight is 677 g/mol. The van der Waals surface area contributed by atoms with Crippen LogP contribution in [0.25, 0.3) is 11.1 Å². The topological polar surface area (TPSA) is 176 Å². The van der Waals surface area contributed by atoms with Gasteiger partial charge in [0, 0.05) is 38.8 Å². The fourth-order valence-electron chi connectivity index (χ4n) is 5.30. The molecule has 5 rings (SSSR count). The van der Waals surface area contributed by atoms with E-state index in [9.17, 15) is 23.6 Å². The van der Waals surface area contributed by atoms with E-state index >= 15 is 0 Å². The van der Waals surface area contributed by atoms with Crippen molar-refractivity contribution in [3.8, 4) is 28.4 Å². The molecule has 6 N–H and O–H groups in total. The molecule has 0 bridgehead atoms. The molecule has 3 heterocycles. The zero-order chi connectivity index (χ0) is 35.8. The molecule has 0 radical (unpaired) electrons. The van der Waals surface area contributed by atoms with Gasteiger partial charge in [-0.25, -0.2) is 4.39 Å². The number of halogens is 1. The molecular weight excluding hydrogens is 635 g/mol. The first kappa shape index (κ1) is 36.1. The highest BCUT2D eigenvalue weighted by molar-refractivity contribution is 6.07. The summed E-state index contributed by atoms with van der Waals surface area (Å²) in [6.07, 6.45) is -0.887. The van der Waals surface area contributed by atoms with Crippen LogP contribution in [-0.4, -0.2) is 67.9 Å². The molecular formula is C35H41FN6O7. The van der Waals surface area contributed by atoms with Crippen LogP contribution < -0.4 is 35.5 Å². The largest absolute Gasteiger partial charge is 0.497 e. The van der Waals surface area contributed by atoms with E-state index in [-0.39, 0.29) is 52.4 Å². The Labute approximate surface area is 283 Å². The molecule has 1 aliphatic rings. The maximum absolute atomic E-state index is 14.3. The molecule has 2 aromatic carbocycles. The number of carbonyl (C=O) groups excluding carboxylic acids is 4.